The maximum absolute atomic E-state index is 12.8. The number of hydrogen-bond donors (Lipinski definition) is 1. The number of nitrogens with zero attached hydrogens (tertiary/aromatic N) is 2. The Morgan fingerprint density at radius 1 is 0.952 bits per heavy atom. The third kappa shape index (κ3) is 4.96. The average molecular weight is 296 g/mol. The van der Waals surface area contributed by atoms with Crippen LogP contribution in [0.3, 0.4) is 0 Å². The molecule has 21 heavy (non-hydrogen) atoms. The molecule has 0 aromatic carbocycles. The zero-order valence-corrected chi connectivity index (χ0v) is 13.6. The van der Waals surface area contributed by atoms with Gasteiger partial charge in [0.25, 0.3) is 0 Å². The third-order valence-electron chi connectivity index (χ3n) is 5.11. The summed E-state index contributed by atoms with van der Waals surface area (Å²) in [5, 5.41) is 9.02. The number of carbonyl (C=O) groups excluding carboxylic acids is 1. The molecule has 0 bridgehead atoms. The Morgan fingerprint density at radius 3 is 1.86 bits per heavy atom. The Labute approximate surface area is 129 Å². The topological polar surface area (TPSA) is 43.8 Å². The lowest BCUT2D eigenvalue weighted by molar-refractivity contribution is -0.139. The van der Waals surface area contributed by atoms with Gasteiger partial charge in [-0.15, -0.1) is 0 Å². The van der Waals surface area contributed by atoms with Gasteiger partial charge < -0.3 is 10.0 Å². The quantitative estimate of drug-likeness (QED) is 0.818. The SMILES string of the molecule is CN(CCO)CC(=O)N(C1CCCCC1)C1CCCCC1. The summed E-state index contributed by atoms with van der Waals surface area (Å²) >= 11 is 0. The van der Waals surface area contributed by atoms with Crippen LogP contribution in [0.1, 0.15) is 64.2 Å². The molecule has 1 amide bonds. The molecule has 122 valence electrons. The molecule has 0 aromatic rings. The second kappa shape index (κ2) is 8.74. The van der Waals surface area contributed by atoms with E-state index in [-0.39, 0.29) is 12.5 Å². The van der Waals surface area contributed by atoms with Gasteiger partial charge in [-0.2, -0.15) is 0 Å². The van der Waals surface area contributed by atoms with Crippen molar-refractivity contribution in [1.29, 1.82) is 0 Å². The Kier molecular flexibility index (Phi) is 6.97. The number of aliphatic hydroxyl groups excluding tert-OH is 1. The summed E-state index contributed by atoms with van der Waals surface area (Å²) < 4.78 is 0. The molecule has 2 fully saturated rings. The first-order valence-electron chi connectivity index (χ1n) is 8.83. The molecule has 0 radical (unpaired) electrons. The summed E-state index contributed by atoms with van der Waals surface area (Å²) in [6, 6.07) is 0.939. The van der Waals surface area contributed by atoms with E-state index in [1.54, 1.807) is 0 Å². The normalized spacial score (nSPS) is 21.7. The molecule has 1 N–H and O–H groups in total. The van der Waals surface area contributed by atoms with E-state index in [1.165, 1.54) is 64.2 Å². The van der Waals surface area contributed by atoms with Crippen LogP contribution in [0.4, 0.5) is 0 Å². The molecule has 0 heterocycles. The van der Waals surface area contributed by atoms with Crippen molar-refractivity contribution in [2.45, 2.75) is 76.3 Å². The molecule has 0 unspecified atom stereocenters. The van der Waals surface area contributed by atoms with Gasteiger partial charge in [-0.05, 0) is 32.7 Å². The van der Waals surface area contributed by atoms with E-state index >= 15 is 0 Å². The summed E-state index contributed by atoms with van der Waals surface area (Å²) in [7, 11) is 1.92. The van der Waals surface area contributed by atoms with E-state index in [0.29, 0.717) is 25.2 Å². The van der Waals surface area contributed by atoms with Crippen LogP contribution >= 0.6 is 0 Å². The van der Waals surface area contributed by atoms with Crippen molar-refractivity contribution >= 4 is 5.91 Å². The highest BCUT2D eigenvalue weighted by atomic mass is 16.3. The summed E-state index contributed by atoms with van der Waals surface area (Å²) in [5.41, 5.74) is 0. The van der Waals surface area contributed by atoms with Crippen LogP contribution < -0.4 is 0 Å². The van der Waals surface area contributed by atoms with Gasteiger partial charge in [0.1, 0.15) is 0 Å². The molecule has 0 saturated heterocycles. The zero-order valence-electron chi connectivity index (χ0n) is 13.6. The van der Waals surface area contributed by atoms with Gasteiger partial charge in [0.15, 0.2) is 0 Å². The fourth-order valence-corrected chi connectivity index (χ4v) is 3.99. The van der Waals surface area contributed by atoms with Crippen LogP contribution in [-0.4, -0.2) is 59.6 Å². The van der Waals surface area contributed by atoms with Crippen molar-refractivity contribution in [2.24, 2.45) is 0 Å². The second-order valence-corrected chi connectivity index (χ2v) is 6.85. The van der Waals surface area contributed by atoms with Crippen LogP contribution in [0.15, 0.2) is 0 Å². The second-order valence-electron chi connectivity index (χ2n) is 6.85. The van der Waals surface area contributed by atoms with Crippen molar-refractivity contribution in [3.8, 4) is 0 Å². The monoisotopic (exact) mass is 296 g/mol. The molecule has 2 saturated carbocycles. The third-order valence-corrected chi connectivity index (χ3v) is 5.11. The molecule has 2 aliphatic rings. The number of hydrogen-bond acceptors (Lipinski definition) is 3. The number of rotatable bonds is 6. The number of amides is 1. The highest BCUT2D eigenvalue weighted by Crippen LogP contribution is 2.30. The highest BCUT2D eigenvalue weighted by Gasteiger charge is 2.32. The predicted molar refractivity (Wildman–Crippen MR) is 85.2 cm³/mol. The fourth-order valence-electron chi connectivity index (χ4n) is 3.99. The molecule has 0 aromatic heterocycles. The van der Waals surface area contributed by atoms with Crippen LogP contribution in [0, 0.1) is 0 Å². The molecule has 0 atom stereocenters. The van der Waals surface area contributed by atoms with Crippen molar-refractivity contribution in [2.75, 3.05) is 26.7 Å². The molecule has 4 heteroatoms. The van der Waals surface area contributed by atoms with Gasteiger partial charge in [0, 0.05) is 18.6 Å². The maximum atomic E-state index is 12.8. The molecule has 4 nitrogen and oxygen atoms in total. The molecule has 0 aliphatic heterocycles. The van der Waals surface area contributed by atoms with Gasteiger partial charge in [-0.3, -0.25) is 9.69 Å². The van der Waals surface area contributed by atoms with E-state index in [4.69, 9.17) is 5.11 Å². The summed E-state index contributed by atoms with van der Waals surface area (Å²) in [6.45, 7) is 1.15. The summed E-state index contributed by atoms with van der Waals surface area (Å²) in [5.74, 6) is 0.282. The Balaban J connectivity index is 2.00. The minimum atomic E-state index is 0.122. The van der Waals surface area contributed by atoms with E-state index in [1.807, 2.05) is 11.9 Å². The first-order valence-corrected chi connectivity index (χ1v) is 8.83. The molecule has 0 spiro atoms. The van der Waals surface area contributed by atoms with Crippen LogP contribution in [0.25, 0.3) is 0 Å². The number of aliphatic hydroxyl groups is 1. The van der Waals surface area contributed by atoms with Gasteiger partial charge >= 0.3 is 0 Å². The molecular weight excluding hydrogens is 264 g/mol. The molecule has 2 aliphatic carbocycles. The van der Waals surface area contributed by atoms with Crippen LogP contribution in [0.5, 0.6) is 0 Å². The smallest absolute Gasteiger partial charge is 0.237 e. The van der Waals surface area contributed by atoms with Crippen molar-refractivity contribution in [3.63, 3.8) is 0 Å². The van der Waals surface area contributed by atoms with Gasteiger partial charge in [0.05, 0.1) is 13.2 Å². The largest absolute Gasteiger partial charge is 0.395 e. The number of carbonyl (C=O) groups is 1. The fraction of sp³-hybridized carbons (Fsp3) is 0.941. The minimum absolute atomic E-state index is 0.122. The van der Waals surface area contributed by atoms with Crippen molar-refractivity contribution in [1.82, 2.24) is 9.80 Å². The predicted octanol–water partition coefficient (Wildman–Crippen LogP) is 2.40. The van der Waals surface area contributed by atoms with Crippen LogP contribution in [-0.2, 0) is 4.79 Å². The Morgan fingerprint density at radius 2 is 1.43 bits per heavy atom. The van der Waals surface area contributed by atoms with E-state index < -0.39 is 0 Å². The first kappa shape index (κ1) is 16.8. The van der Waals surface area contributed by atoms with Crippen molar-refractivity contribution in [3.05, 3.63) is 0 Å². The van der Waals surface area contributed by atoms with E-state index in [9.17, 15) is 4.79 Å². The van der Waals surface area contributed by atoms with Gasteiger partial charge in [-0.25, -0.2) is 0 Å². The van der Waals surface area contributed by atoms with Crippen LogP contribution in [0.2, 0.25) is 0 Å². The highest BCUT2D eigenvalue weighted by molar-refractivity contribution is 5.79. The Hall–Kier alpha value is -0.610. The number of likely N-dealkylation sites (N-methyl/N-ethyl adjacent to an activating group) is 1. The molecular formula is C17H32N2O2. The maximum Gasteiger partial charge on any atom is 0.237 e. The lowest BCUT2D eigenvalue weighted by Crippen LogP contribution is -2.51. The minimum Gasteiger partial charge on any atom is -0.395 e. The summed E-state index contributed by atoms with van der Waals surface area (Å²) in [6.07, 6.45) is 12.5. The lowest BCUT2D eigenvalue weighted by Gasteiger charge is -2.42. The lowest BCUT2D eigenvalue weighted by atomic mass is 9.88. The molecule has 2 rings (SSSR count). The zero-order chi connectivity index (χ0) is 15.1. The summed E-state index contributed by atoms with van der Waals surface area (Å²) in [4.78, 5) is 17.0. The standard InChI is InChI=1S/C17H32N2O2/c1-18(12-13-20)14-17(21)19(15-8-4-2-5-9-15)16-10-6-3-7-11-16/h15-16,20H,2-14H2,1H3. The van der Waals surface area contributed by atoms with Gasteiger partial charge in [0.2, 0.25) is 5.91 Å². The van der Waals surface area contributed by atoms with Crippen molar-refractivity contribution < 1.29 is 9.90 Å². The first-order chi connectivity index (χ1) is 10.2. The van der Waals surface area contributed by atoms with Gasteiger partial charge in [-0.1, -0.05) is 38.5 Å². The van der Waals surface area contributed by atoms with E-state index in [0.717, 1.165) is 0 Å². The Bertz CT molecular complexity index is 292. The van der Waals surface area contributed by atoms with E-state index in [2.05, 4.69) is 4.90 Å². The average Bonchev–Trinajstić information content (AvgIpc) is 2.50.